The lowest BCUT2D eigenvalue weighted by atomic mass is 10.0. The molecule has 0 spiro atoms. The first-order valence-electron chi connectivity index (χ1n) is 13.8. The van der Waals surface area contributed by atoms with Gasteiger partial charge in [0.1, 0.15) is 12.7 Å². The van der Waals surface area contributed by atoms with Gasteiger partial charge < -0.3 is 10.8 Å². The Balaban J connectivity index is 1.92. The van der Waals surface area contributed by atoms with E-state index in [0.29, 0.717) is 17.6 Å². The molecule has 0 saturated carbocycles. The predicted octanol–water partition coefficient (Wildman–Crippen LogP) is 7.33. The summed E-state index contributed by atoms with van der Waals surface area (Å²) in [7, 11) is 0. The van der Waals surface area contributed by atoms with Crippen LogP contribution in [0.15, 0.2) is 29.5 Å². The number of nitrogens with two attached hydrogens (primary N) is 1. The van der Waals surface area contributed by atoms with E-state index >= 15 is 0 Å². The summed E-state index contributed by atoms with van der Waals surface area (Å²) in [5.74, 6) is 0.163. The lowest BCUT2D eigenvalue weighted by Crippen LogP contribution is -2.52. The number of carboxylic acid groups (broad SMARTS) is 1. The zero-order valence-corrected chi connectivity index (χ0v) is 21.5. The number of aliphatic imine (C=N–C) groups is 1. The van der Waals surface area contributed by atoms with Gasteiger partial charge in [-0.25, -0.2) is 14.3 Å². The van der Waals surface area contributed by atoms with Crippen LogP contribution in [0.4, 0.5) is 0 Å². The maximum absolute atomic E-state index is 11.3. The molecule has 0 bridgehead atoms. The summed E-state index contributed by atoms with van der Waals surface area (Å²) in [5.41, 5.74) is 5.73. The van der Waals surface area contributed by atoms with Gasteiger partial charge in [-0.15, -0.1) is 0 Å². The van der Waals surface area contributed by atoms with E-state index < -0.39 is 5.97 Å². The van der Waals surface area contributed by atoms with E-state index in [9.17, 15) is 9.90 Å². The van der Waals surface area contributed by atoms with Crippen LogP contribution < -0.4 is 5.73 Å². The highest BCUT2D eigenvalue weighted by molar-refractivity contribution is 5.81. The first-order chi connectivity index (χ1) is 16.1. The maximum atomic E-state index is 11.3. The van der Waals surface area contributed by atoms with E-state index in [-0.39, 0.29) is 6.54 Å². The quantitative estimate of drug-likeness (QED) is 0.0948. The molecule has 0 saturated heterocycles. The minimum absolute atomic E-state index is 0.0431. The number of rotatable bonds is 23. The highest BCUT2D eigenvalue weighted by Crippen LogP contribution is 2.21. The van der Waals surface area contributed by atoms with Crippen molar-refractivity contribution in [1.29, 1.82) is 0 Å². The molecular weight excluding hydrogens is 410 g/mol. The molecule has 5 heteroatoms. The molecule has 3 N–H and O–H groups in total. The summed E-state index contributed by atoms with van der Waals surface area (Å²) in [6, 6.07) is 0. The first-order valence-corrected chi connectivity index (χ1v) is 13.8. The predicted molar refractivity (Wildman–Crippen MR) is 141 cm³/mol. The minimum atomic E-state index is -0.799. The van der Waals surface area contributed by atoms with Crippen molar-refractivity contribution in [2.45, 2.75) is 122 Å². The standard InChI is InChI=1S/C28H51N3O2/c1-2-3-4-5-6-7-8-9-10-11-12-13-14-15-16-17-18-19-20-21-27-30-23-25-31(27,24-22-29)26-28(32)33/h9-10,23,25H,2-8,11-22,24,26,29H2,1H3/p+1/b10-9+. The molecule has 1 aliphatic heterocycles. The second-order valence-electron chi connectivity index (χ2n) is 9.69. The van der Waals surface area contributed by atoms with Gasteiger partial charge in [0.15, 0.2) is 6.54 Å². The van der Waals surface area contributed by atoms with E-state index in [1.807, 2.05) is 6.20 Å². The molecule has 1 atom stereocenters. The monoisotopic (exact) mass is 462 g/mol. The van der Waals surface area contributed by atoms with Crippen LogP contribution in [0.5, 0.6) is 0 Å². The summed E-state index contributed by atoms with van der Waals surface area (Å²) >= 11 is 0. The lowest BCUT2D eigenvalue weighted by Gasteiger charge is -2.30. The van der Waals surface area contributed by atoms with Crippen molar-refractivity contribution in [2.75, 3.05) is 19.6 Å². The highest BCUT2D eigenvalue weighted by atomic mass is 16.4. The second kappa shape index (κ2) is 20.0. The Morgan fingerprint density at radius 1 is 0.879 bits per heavy atom. The third-order valence-corrected chi connectivity index (χ3v) is 6.70. The number of nitrogens with zero attached hydrogens (tertiary/aromatic N) is 2. The Morgan fingerprint density at radius 3 is 1.91 bits per heavy atom. The van der Waals surface area contributed by atoms with Crippen LogP contribution in [0.1, 0.15) is 122 Å². The van der Waals surface area contributed by atoms with E-state index in [0.717, 1.165) is 18.7 Å². The fourth-order valence-electron chi connectivity index (χ4n) is 4.69. The number of amidine groups is 1. The molecule has 0 aromatic rings. The van der Waals surface area contributed by atoms with Crippen LogP contribution in [0.2, 0.25) is 0 Å². The summed E-state index contributed by atoms with van der Waals surface area (Å²) in [6.07, 6.45) is 31.7. The minimum Gasteiger partial charge on any atom is -0.477 e. The van der Waals surface area contributed by atoms with Gasteiger partial charge in [0.2, 0.25) is 5.84 Å². The number of hydrogen-bond donors (Lipinski definition) is 2. The first kappa shape index (κ1) is 29.6. The number of carboxylic acids is 1. The highest BCUT2D eigenvalue weighted by Gasteiger charge is 2.36. The number of unbranched alkanes of at least 4 members (excludes halogenated alkanes) is 15. The van der Waals surface area contributed by atoms with Gasteiger partial charge >= 0.3 is 5.97 Å². The zero-order valence-electron chi connectivity index (χ0n) is 21.5. The fourth-order valence-corrected chi connectivity index (χ4v) is 4.69. The summed E-state index contributed by atoms with van der Waals surface area (Å²) in [5, 5.41) is 9.27. The van der Waals surface area contributed by atoms with Gasteiger partial charge in [-0.1, -0.05) is 96.1 Å². The molecule has 0 aromatic carbocycles. The smallest absolute Gasteiger partial charge is 0.360 e. The van der Waals surface area contributed by atoms with Crippen LogP contribution in [-0.2, 0) is 4.79 Å². The third kappa shape index (κ3) is 14.4. The number of hydrogen-bond acceptors (Lipinski definition) is 3. The van der Waals surface area contributed by atoms with Crippen LogP contribution >= 0.6 is 0 Å². The van der Waals surface area contributed by atoms with Crippen molar-refractivity contribution in [3.63, 3.8) is 0 Å². The van der Waals surface area contributed by atoms with Gasteiger partial charge in [-0.05, 0) is 32.1 Å². The maximum Gasteiger partial charge on any atom is 0.360 e. The third-order valence-electron chi connectivity index (χ3n) is 6.70. The molecule has 5 nitrogen and oxygen atoms in total. The van der Waals surface area contributed by atoms with Crippen molar-refractivity contribution < 1.29 is 14.4 Å². The van der Waals surface area contributed by atoms with Crippen LogP contribution in [0, 0.1) is 0 Å². The van der Waals surface area contributed by atoms with Gasteiger partial charge in [0.05, 0.1) is 6.20 Å². The van der Waals surface area contributed by atoms with Crippen molar-refractivity contribution in [3.8, 4) is 0 Å². The van der Waals surface area contributed by atoms with Crippen molar-refractivity contribution >= 4 is 11.8 Å². The van der Waals surface area contributed by atoms with E-state index in [4.69, 9.17) is 5.73 Å². The lowest BCUT2D eigenvalue weighted by molar-refractivity contribution is -0.778. The summed E-state index contributed by atoms with van der Waals surface area (Å²) < 4.78 is 0.306. The molecular formula is C28H52N3O2+. The van der Waals surface area contributed by atoms with Crippen molar-refractivity contribution in [3.05, 3.63) is 24.6 Å². The van der Waals surface area contributed by atoms with Crippen LogP contribution in [0.3, 0.4) is 0 Å². The SMILES string of the molecule is CCCCCCCC/C=C/CCCCCCCCCCCC1=NC=C[N+]1(CCN)CC(=O)O. The second-order valence-corrected chi connectivity index (χ2v) is 9.69. The Bertz CT molecular complexity index is 586. The molecule has 0 aliphatic carbocycles. The van der Waals surface area contributed by atoms with Gasteiger partial charge in [0.25, 0.3) is 0 Å². The van der Waals surface area contributed by atoms with E-state index in [1.165, 1.54) is 103 Å². The number of allylic oxidation sites excluding steroid dienone is 2. The van der Waals surface area contributed by atoms with Crippen molar-refractivity contribution in [1.82, 2.24) is 0 Å². The summed E-state index contributed by atoms with van der Waals surface area (Å²) in [6.45, 7) is 3.39. The molecule has 190 valence electrons. The Morgan fingerprint density at radius 2 is 1.39 bits per heavy atom. The topological polar surface area (TPSA) is 75.7 Å². The van der Waals surface area contributed by atoms with Gasteiger partial charge in [-0.2, -0.15) is 0 Å². The molecule has 1 heterocycles. The molecule has 1 unspecified atom stereocenters. The van der Waals surface area contributed by atoms with Crippen molar-refractivity contribution in [2.24, 2.45) is 10.7 Å². The molecule has 0 radical (unpaired) electrons. The molecule has 1 aliphatic rings. The van der Waals surface area contributed by atoms with E-state index in [2.05, 4.69) is 24.1 Å². The van der Waals surface area contributed by atoms with Crippen LogP contribution in [-0.4, -0.2) is 41.0 Å². The van der Waals surface area contributed by atoms with Gasteiger partial charge in [0, 0.05) is 13.0 Å². The average molecular weight is 463 g/mol. The Kier molecular flexibility index (Phi) is 17.9. The molecule has 33 heavy (non-hydrogen) atoms. The summed E-state index contributed by atoms with van der Waals surface area (Å²) in [4.78, 5) is 15.7. The molecule has 0 fully saturated rings. The largest absolute Gasteiger partial charge is 0.477 e. The molecule has 0 aromatic heterocycles. The number of carbonyl (C=O) groups is 1. The van der Waals surface area contributed by atoms with Crippen LogP contribution in [0.25, 0.3) is 0 Å². The van der Waals surface area contributed by atoms with E-state index in [1.54, 1.807) is 6.20 Å². The Hall–Kier alpha value is -1.46. The average Bonchev–Trinajstić information content (AvgIpc) is 3.16. The Labute approximate surface area is 203 Å². The zero-order chi connectivity index (χ0) is 24.0. The van der Waals surface area contributed by atoms with Gasteiger partial charge in [-0.3, -0.25) is 0 Å². The molecule has 1 rings (SSSR count). The normalized spacial score (nSPS) is 17.8. The molecule has 0 amide bonds. The number of quaternary nitrogens is 1. The fraction of sp³-hybridized carbons (Fsp3) is 0.786. The number of aliphatic carboxylic acids is 1.